The minimum absolute atomic E-state index is 0.121. The van der Waals surface area contributed by atoms with E-state index in [1.807, 2.05) is 0 Å². The monoisotopic (exact) mass is 339 g/mol. The van der Waals surface area contributed by atoms with Gasteiger partial charge in [0.2, 0.25) is 0 Å². The van der Waals surface area contributed by atoms with Crippen molar-refractivity contribution >= 4 is 50.1 Å². The van der Waals surface area contributed by atoms with Crippen LogP contribution in [0, 0.1) is 0 Å². The van der Waals surface area contributed by atoms with Crippen LogP contribution in [0.5, 0.6) is 0 Å². The maximum atomic E-state index is 12.5. The summed E-state index contributed by atoms with van der Waals surface area (Å²) in [5.41, 5.74) is 2.35. The molecule has 21 heavy (non-hydrogen) atoms. The van der Waals surface area contributed by atoms with Crippen LogP contribution in [0.2, 0.25) is 0 Å². The highest BCUT2D eigenvalue weighted by molar-refractivity contribution is 7.93. The SMILES string of the molecule is O=S(=O)(Nc1ccc(CCl)cc1)c1cccc2nsnc12. The highest BCUT2D eigenvalue weighted by atomic mass is 35.5. The van der Waals surface area contributed by atoms with Gasteiger partial charge in [-0.2, -0.15) is 8.75 Å². The molecule has 0 unspecified atom stereocenters. The van der Waals surface area contributed by atoms with Crippen molar-refractivity contribution in [2.45, 2.75) is 10.8 Å². The molecule has 0 saturated carbocycles. The third-order valence-electron chi connectivity index (χ3n) is 2.90. The molecule has 2 aromatic carbocycles. The Hall–Kier alpha value is -1.70. The normalized spacial score (nSPS) is 11.7. The molecule has 3 aromatic rings. The number of benzene rings is 2. The number of nitrogens with zero attached hydrogens (tertiary/aromatic N) is 2. The third-order valence-corrected chi connectivity index (χ3v) is 5.16. The molecule has 8 heteroatoms. The van der Waals surface area contributed by atoms with E-state index in [1.165, 1.54) is 6.07 Å². The van der Waals surface area contributed by atoms with E-state index in [0.29, 0.717) is 22.6 Å². The van der Waals surface area contributed by atoms with Gasteiger partial charge in [0.15, 0.2) is 0 Å². The van der Waals surface area contributed by atoms with Gasteiger partial charge in [0.05, 0.1) is 11.7 Å². The van der Waals surface area contributed by atoms with Gasteiger partial charge in [-0.25, -0.2) is 8.42 Å². The lowest BCUT2D eigenvalue weighted by atomic mass is 10.2. The van der Waals surface area contributed by atoms with Crippen molar-refractivity contribution in [3.8, 4) is 0 Å². The molecule has 0 amide bonds. The summed E-state index contributed by atoms with van der Waals surface area (Å²) in [5, 5.41) is 0. The van der Waals surface area contributed by atoms with Crippen molar-refractivity contribution in [1.82, 2.24) is 8.75 Å². The van der Waals surface area contributed by atoms with Crippen LogP contribution in [-0.4, -0.2) is 17.2 Å². The lowest BCUT2D eigenvalue weighted by Gasteiger charge is -2.08. The fourth-order valence-corrected chi connectivity index (χ4v) is 3.87. The van der Waals surface area contributed by atoms with E-state index < -0.39 is 10.0 Å². The van der Waals surface area contributed by atoms with E-state index in [9.17, 15) is 8.42 Å². The molecule has 1 heterocycles. The third kappa shape index (κ3) is 2.85. The second-order valence-electron chi connectivity index (χ2n) is 4.32. The molecule has 0 saturated heterocycles. The van der Waals surface area contributed by atoms with Gasteiger partial charge in [0.25, 0.3) is 10.0 Å². The zero-order valence-corrected chi connectivity index (χ0v) is 13.0. The lowest BCUT2D eigenvalue weighted by molar-refractivity contribution is 0.602. The fourth-order valence-electron chi connectivity index (χ4n) is 1.87. The minimum atomic E-state index is -3.71. The molecule has 1 N–H and O–H groups in total. The predicted molar refractivity (Wildman–Crippen MR) is 84.2 cm³/mol. The Morgan fingerprint density at radius 1 is 1.10 bits per heavy atom. The Bertz CT molecular complexity index is 876. The van der Waals surface area contributed by atoms with Crippen LogP contribution in [0.1, 0.15) is 5.56 Å². The van der Waals surface area contributed by atoms with E-state index in [-0.39, 0.29) is 4.90 Å². The van der Waals surface area contributed by atoms with Crippen molar-refractivity contribution in [2.75, 3.05) is 4.72 Å². The summed E-state index contributed by atoms with van der Waals surface area (Å²) in [4.78, 5) is 0.121. The maximum absolute atomic E-state index is 12.5. The summed E-state index contributed by atoms with van der Waals surface area (Å²) in [5.74, 6) is 0.386. The number of anilines is 1. The van der Waals surface area contributed by atoms with E-state index in [2.05, 4.69) is 13.5 Å². The van der Waals surface area contributed by atoms with Gasteiger partial charge in [-0.15, -0.1) is 11.6 Å². The highest BCUT2D eigenvalue weighted by Gasteiger charge is 2.19. The van der Waals surface area contributed by atoms with Gasteiger partial charge in [0, 0.05) is 11.6 Å². The number of hydrogen-bond donors (Lipinski definition) is 1. The van der Waals surface area contributed by atoms with Gasteiger partial charge in [-0.3, -0.25) is 4.72 Å². The highest BCUT2D eigenvalue weighted by Crippen LogP contribution is 2.23. The topological polar surface area (TPSA) is 72.0 Å². The zero-order chi connectivity index (χ0) is 14.9. The van der Waals surface area contributed by atoms with Crippen LogP contribution in [-0.2, 0) is 15.9 Å². The average molecular weight is 340 g/mol. The van der Waals surface area contributed by atoms with Crippen molar-refractivity contribution < 1.29 is 8.42 Å². The van der Waals surface area contributed by atoms with Gasteiger partial charge < -0.3 is 0 Å². The van der Waals surface area contributed by atoms with E-state index in [1.54, 1.807) is 36.4 Å². The molecule has 0 aliphatic rings. The first kappa shape index (κ1) is 14.2. The molecular formula is C13H10ClN3O2S2. The summed E-state index contributed by atoms with van der Waals surface area (Å²) in [7, 11) is -3.71. The summed E-state index contributed by atoms with van der Waals surface area (Å²) in [6, 6.07) is 11.8. The molecule has 0 bridgehead atoms. The number of halogens is 1. The van der Waals surface area contributed by atoms with Gasteiger partial charge in [0.1, 0.15) is 15.9 Å². The van der Waals surface area contributed by atoms with Crippen LogP contribution in [0.25, 0.3) is 11.0 Å². The Kier molecular flexibility index (Phi) is 3.79. The van der Waals surface area contributed by atoms with Crippen LogP contribution in [0.4, 0.5) is 5.69 Å². The molecule has 0 atom stereocenters. The van der Waals surface area contributed by atoms with Crippen LogP contribution < -0.4 is 4.72 Å². The molecule has 0 aliphatic heterocycles. The van der Waals surface area contributed by atoms with E-state index >= 15 is 0 Å². The van der Waals surface area contributed by atoms with Crippen LogP contribution in [0.3, 0.4) is 0 Å². The zero-order valence-electron chi connectivity index (χ0n) is 10.7. The molecule has 108 valence electrons. The Balaban J connectivity index is 1.98. The van der Waals surface area contributed by atoms with Crippen molar-refractivity contribution in [1.29, 1.82) is 0 Å². The van der Waals surface area contributed by atoms with E-state index in [4.69, 9.17) is 11.6 Å². The van der Waals surface area contributed by atoms with Crippen molar-refractivity contribution in [3.05, 3.63) is 48.0 Å². The standard InChI is InChI=1S/C13H10ClN3O2S2/c14-8-9-4-6-10(7-5-9)17-21(18,19)12-3-1-2-11-13(12)16-20-15-11/h1-7,17H,8H2. The molecule has 3 rings (SSSR count). The number of fused-ring (bicyclic) bond motifs is 1. The largest absolute Gasteiger partial charge is 0.280 e. The van der Waals surface area contributed by atoms with Gasteiger partial charge >= 0.3 is 0 Å². The first-order valence-corrected chi connectivity index (χ1v) is 8.74. The summed E-state index contributed by atoms with van der Waals surface area (Å²) < 4.78 is 35.6. The van der Waals surface area contributed by atoms with Crippen LogP contribution >= 0.6 is 23.3 Å². The number of rotatable bonds is 4. The first-order chi connectivity index (χ1) is 10.1. The second-order valence-corrected chi connectivity index (χ2v) is 6.77. The summed E-state index contributed by atoms with van der Waals surface area (Å²) >= 11 is 6.70. The maximum Gasteiger partial charge on any atom is 0.264 e. The first-order valence-electron chi connectivity index (χ1n) is 5.99. The molecule has 0 radical (unpaired) electrons. The number of alkyl halides is 1. The summed E-state index contributed by atoms with van der Waals surface area (Å²) in [6.07, 6.45) is 0. The smallest absolute Gasteiger partial charge is 0.264 e. The lowest BCUT2D eigenvalue weighted by Crippen LogP contribution is -2.13. The van der Waals surface area contributed by atoms with Gasteiger partial charge in [-0.05, 0) is 29.8 Å². The molecule has 0 aliphatic carbocycles. The Labute approximate surface area is 131 Å². The second kappa shape index (κ2) is 5.59. The molecule has 1 aromatic heterocycles. The Morgan fingerprint density at radius 2 is 1.86 bits per heavy atom. The quantitative estimate of drug-likeness (QED) is 0.741. The molecule has 5 nitrogen and oxygen atoms in total. The minimum Gasteiger partial charge on any atom is -0.280 e. The van der Waals surface area contributed by atoms with Crippen LogP contribution in [0.15, 0.2) is 47.4 Å². The Morgan fingerprint density at radius 3 is 2.57 bits per heavy atom. The average Bonchev–Trinajstić information content (AvgIpc) is 2.95. The molecule has 0 spiro atoms. The number of sulfonamides is 1. The summed E-state index contributed by atoms with van der Waals surface area (Å²) in [6.45, 7) is 0. The molecule has 0 fully saturated rings. The fraction of sp³-hybridized carbons (Fsp3) is 0.0769. The predicted octanol–water partition coefficient (Wildman–Crippen LogP) is 3.23. The molecular weight excluding hydrogens is 330 g/mol. The number of nitrogens with one attached hydrogen (secondary N) is 1. The van der Waals surface area contributed by atoms with Crippen molar-refractivity contribution in [3.63, 3.8) is 0 Å². The number of aromatic nitrogens is 2. The van der Waals surface area contributed by atoms with Crippen molar-refractivity contribution in [2.24, 2.45) is 0 Å². The van der Waals surface area contributed by atoms with E-state index in [0.717, 1.165) is 17.3 Å². The number of hydrogen-bond acceptors (Lipinski definition) is 5. The van der Waals surface area contributed by atoms with Gasteiger partial charge in [-0.1, -0.05) is 18.2 Å².